The van der Waals surface area contributed by atoms with Crippen molar-refractivity contribution in [1.29, 1.82) is 0 Å². The van der Waals surface area contributed by atoms with Crippen molar-refractivity contribution in [2.75, 3.05) is 20.1 Å². The van der Waals surface area contributed by atoms with Gasteiger partial charge in [0.15, 0.2) is 0 Å². The van der Waals surface area contributed by atoms with Gasteiger partial charge in [-0.3, -0.25) is 0 Å². The molecule has 1 N–H and O–H groups in total. The lowest BCUT2D eigenvalue weighted by Gasteiger charge is -2.35. The number of rotatable bonds is 6. The lowest BCUT2D eigenvalue weighted by molar-refractivity contribution is 0.194. The summed E-state index contributed by atoms with van der Waals surface area (Å²) in [5, 5.41) is 3.80. The van der Waals surface area contributed by atoms with Crippen molar-refractivity contribution in [2.24, 2.45) is 11.8 Å². The van der Waals surface area contributed by atoms with E-state index in [9.17, 15) is 0 Å². The SMILES string of the molecule is CC(C)C1CCCCC1NCCN(C)C(C)C. The van der Waals surface area contributed by atoms with Crippen LogP contribution in [0.2, 0.25) is 0 Å². The van der Waals surface area contributed by atoms with Gasteiger partial charge in [0.1, 0.15) is 0 Å². The van der Waals surface area contributed by atoms with Crippen molar-refractivity contribution < 1.29 is 0 Å². The first-order valence-corrected chi connectivity index (χ1v) is 7.46. The maximum absolute atomic E-state index is 3.80. The van der Waals surface area contributed by atoms with E-state index >= 15 is 0 Å². The standard InChI is InChI=1S/C15H32N2/c1-12(2)14-8-6-7-9-15(14)16-10-11-17(5)13(3)4/h12-16H,6-11H2,1-5H3. The molecule has 1 aliphatic carbocycles. The van der Waals surface area contributed by atoms with Crippen LogP contribution in [-0.4, -0.2) is 37.1 Å². The summed E-state index contributed by atoms with van der Waals surface area (Å²) >= 11 is 0. The van der Waals surface area contributed by atoms with Crippen LogP contribution in [0.15, 0.2) is 0 Å². The highest BCUT2D eigenvalue weighted by Gasteiger charge is 2.26. The molecule has 2 unspecified atom stereocenters. The van der Waals surface area contributed by atoms with Crippen molar-refractivity contribution in [3.05, 3.63) is 0 Å². The van der Waals surface area contributed by atoms with E-state index in [0.29, 0.717) is 6.04 Å². The van der Waals surface area contributed by atoms with Gasteiger partial charge in [-0.05, 0) is 45.6 Å². The van der Waals surface area contributed by atoms with E-state index in [2.05, 4.69) is 45.0 Å². The highest BCUT2D eigenvalue weighted by atomic mass is 15.1. The Hall–Kier alpha value is -0.0800. The lowest BCUT2D eigenvalue weighted by Crippen LogP contribution is -2.44. The van der Waals surface area contributed by atoms with Crippen LogP contribution in [0, 0.1) is 11.8 Å². The molecule has 0 aromatic carbocycles. The van der Waals surface area contributed by atoms with E-state index in [-0.39, 0.29) is 0 Å². The molecule has 2 nitrogen and oxygen atoms in total. The summed E-state index contributed by atoms with van der Waals surface area (Å²) in [6.45, 7) is 11.6. The van der Waals surface area contributed by atoms with Crippen LogP contribution in [0.4, 0.5) is 0 Å². The predicted molar refractivity (Wildman–Crippen MR) is 76.4 cm³/mol. The Labute approximate surface area is 108 Å². The Morgan fingerprint density at radius 3 is 2.35 bits per heavy atom. The Morgan fingerprint density at radius 1 is 1.12 bits per heavy atom. The number of nitrogens with one attached hydrogen (secondary N) is 1. The molecule has 2 atom stereocenters. The van der Waals surface area contributed by atoms with Gasteiger partial charge in [0.2, 0.25) is 0 Å². The third kappa shape index (κ3) is 4.97. The topological polar surface area (TPSA) is 15.3 Å². The molecule has 1 fully saturated rings. The first-order valence-electron chi connectivity index (χ1n) is 7.46. The number of likely N-dealkylation sites (N-methyl/N-ethyl adjacent to an activating group) is 1. The predicted octanol–water partition coefficient (Wildman–Crippen LogP) is 3.13. The fourth-order valence-electron chi connectivity index (χ4n) is 2.90. The summed E-state index contributed by atoms with van der Waals surface area (Å²) in [7, 11) is 2.22. The first kappa shape index (κ1) is 15.0. The average Bonchev–Trinajstić information content (AvgIpc) is 2.29. The smallest absolute Gasteiger partial charge is 0.0107 e. The number of nitrogens with zero attached hydrogens (tertiary/aromatic N) is 1. The van der Waals surface area contributed by atoms with Crippen LogP contribution < -0.4 is 5.32 Å². The van der Waals surface area contributed by atoms with E-state index in [1.165, 1.54) is 32.2 Å². The molecule has 0 aliphatic heterocycles. The van der Waals surface area contributed by atoms with E-state index in [4.69, 9.17) is 0 Å². The Morgan fingerprint density at radius 2 is 1.76 bits per heavy atom. The minimum absolute atomic E-state index is 0.657. The zero-order valence-electron chi connectivity index (χ0n) is 12.5. The highest BCUT2D eigenvalue weighted by Crippen LogP contribution is 2.29. The van der Waals surface area contributed by atoms with Crippen molar-refractivity contribution in [1.82, 2.24) is 10.2 Å². The molecule has 0 amide bonds. The van der Waals surface area contributed by atoms with Gasteiger partial charge in [0.05, 0.1) is 0 Å². The van der Waals surface area contributed by atoms with Gasteiger partial charge in [-0.25, -0.2) is 0 Å². The molecule has 2 heteroatoms. The Bertz CT molecular complexity index is 201. The van der Waals surface area contributed by atoms with Crippen LogP contribution in [0.25, 0.3) is 0 Å². The molecule has 0 heterocycles. The molecule has 0 saturated heterocycles. The van der Waals surface area contributed by atoms with Crippen LogP contribution in [0.3, 0.4) is 0 Å². The van der Waals surface area contributed by atoms with Gasteiger partial charge in [-0.1, -0.05) is 26.7 Å². The van der Waals surface area contributed by atoms with Gasteiger partial charge in [-0.2, -0.15) is 0 Å². The summed E-state index contributed by atoms with van der Waals surface area (Å²) in [5.74, 6) is 1.73. The molecule has 0 aromatic heterocycles. The number of hydrogen-bond acceptors (Lipinski definition) is 2. The summed E-state index contributed by atoms with van der Waals surface area (Å²) in [6, 6.07) is 1.42. The van der Waals surface area contributed by atoms with Crippen molar-refractivity contribution in [3.8, 4) is 0 Å². The zero-order chi connectivity index (χ0) is 12.8. The van der Waals surface area contributed by atoms with Crippen LogP contribution in [0.5, 0.6) is 0 Å². The van der Waals surface area contributed by atoms with Crippen molar-refractivity contribution >= 4 is 0 Å². The van der Waals surface area contributed by atoms with Crippen LogP contribution in [-0.2, 0) is 0 Å². The lowest BCUT2D eigenvalue weighted by atomic mass is 9.78. The van der Waals surface area contributed by atoms with E-state index in [0.717, 1.165) is 24.4 Å². The Balaban J connectivity index is 2.28. The molecular formula is C15H32N2. The molecule has 102 valence electrons. The quantitative estimate of drug-likeness (QED) is 0.767. The normalized spacial score (nSPS) is 26.1. The van der Waals surface area contributed by atoms with Gasteiger partial charge in [-0.15, -0.1) is 0 Å². The zero-order valence-corrected chi connectivity index (χ0v) is 12.5. The molecule has 0 radical (unpaired) electrons. The Kier molecular flexibility index (Phi) is 6.50. The molecule has 0 aromatic rings. The number of hydrogen-bond donors (Lipinski definition) is 1. The molecule has 1 rings (SSSR count). The van der Waals surface area contributed by atoms with Crippen LogP contribution >= 0.6 is 0 Å². The van der Waals surface area contributed by atoms with Crippen molar-refractivity contribution in [3.63, 3.8) is 0 Å². The fraction of sp³-hybridized carbons (Fsp3) is 1.00. The van der Waals surface area contributed by atoms with Gasteiger partial charge in [0.25, 0.3) is 0 Å². The summed E-state index contributed by atoms with van der Waals surface area (Å²) in [6.07, 6.45) is 5.66. The van der Waals surface area contributed by atoms with E-state index in [1.54, 1.807) is 0 Å². The maximum Gasteiger partial charge on any atom is 0.0107 e. The second-order valence-electron chi connectivity index (χ2n) is 6.33. The largest absolute Gasteiger partial charge is 0.312 e. The molecule has 17 heavy (non-hydrogen) atoms. The van der Waals surface area contributed by atoms with E-state index < -0.39 is 0 Å². The second-order valence-corrected chi connectivity index (χ2v) is 6.33. The fourth-order valence-corrected chi connectivity index (χ4v) is 2.90. The first-order chi connectivity index (χ1) is 8.02. The molecule has 0 spiro atoms. The third-order valence-electron chi connectivity index (χ3n) is 4.43. The molecule has 1 saturated carbocycles. The molecule has 1 aliphatic rings. The van der Waals surface area contributed by atoms with Gasteiger partial charge < -0.3 is 10.2 Å². The van der Waals surface area contributed by atoms with Crippen molar-refractivity contribution in [2.45, 2.75) is 65.5 Å². The minimum atomic E-state index is 0.657. The van der Waals surface area contributed by atoms with Crippen LogP contribution in [0.1, 0.15) is 53.4 Å². The summed E-state index contributed by atoms with van der Waals surface area (Å²) in [5.41, 5.74) is 0. The van der Waals surface area contributed by atoms with E-state index in [1.807, 2.05) is 0 Å². The highest BCUT2D eigenvalue weighted by molar-refractivity contribution is 4.83. The molecular weight excluding hydrogens is 208 g/mol. The summed E-state index contributed by atoms with van der Waals surface area (Å²) < 4.78 is 0. The second kappa shape index (κ2) is 7.38. The minimum Gasteiger partial charge on any atom is -0.312 e. The average molecular weight is 240 g/mol. The maximum atomic E-state index is 3.80. The monoisotopic (exact) mass is 240 g/mol. The summed E-state index contributed by atoms with van der Waals surface area (Å²) in [4.78, 5) is 2.42. The van der Waals surface area contributed by atoms with Gasteiger partial charge in [0, 0.05) is 25.2 Å². The third-order valence-corrected chi connectivity index (χ3v) is 4.43. The van der Waals surface area contributed by atoms with Gasteiger partial charge >= 0.3 is 0 Å². The molecule has 0 bridgehead atoms.